The highest BCUT2D eigenvalue weighted by atomic mass is 35.5. The van der Waals surface area contributed by atoms with Crippen molar-refractivity contribution in [2.24, 2.45) is 0 Å². The van der Waals surface area contributed by atoms with Gasteiger partial charge in [-0.15, -0.1) is 0 Å². The lowest BCUT2D eigenvalue weighted by Gasteiger charge is -2.07. The first-order valence-corrected chi connectivity index (χ1v) is 7.31. The van der Waals surface area contributed by atoms with E-state index in [0.717, 1.165) is 12.1 Å². The molecule has 0 saturated carbocycles. The fourth-order valence-electron chi connectivity index (χ4n) is 1.40. The minimum atomic E-state index is -4.32. The number of hydrogen-bond acceptors (Lipinski definition) is 3. The Morgan fingerprint density at radius 1 is 0.792 bits per heavy atom. The number of thioether (sulfide) groups is 1. The molecule has 0 aliphatic rings. The topological polar surface area (TPSA) is 52.0 Å². The highest BCUT2D eigenvalue weighted by Gasteiger charge is 2.30. The van der Waals surface area contributed by atoms with E-state index < -0.39 is 17.2 Å². The van der Waals surface area contributed by atoms with Crippen molar-refractivity contribution in [1.82, 2.24) is 0 Å². The number of alkyl halides is 6. The Labute approximate surface area is 142 Å². The molecular formula is C14H11ClF6N2S. The van der Waals surface area contributed by atoms with Crippen molar-refractivity contribution in [2.75, 3.05) is 11.5 Å². The highest BCUT2D eigenvalue weighted by molar-refractivity contribution is 8.00. The van der Waals surface area contributed by atoms with Gasteiger partial charge >= 0.3 is 11.7 Å². The Hall–Kier alpha value is -1.74. The second-order valence-electron chi connectivity index (χ2n) is 4.36. The van der Waals surface area contributed by atoms with Gasteiger partial charge in [0.2, 0.25) is 0 Å². The Kier molecular flexibility index (Phi) is 6.67. The molecule has 0 aromatic heterocycles. The molecule has 0 radical (unpaired) electrons. The first-order valence-electron chi connectivity index (χ1n) is 6.12. The van der Waals surface area contributed by atoms with E-state index in [1.807, 2.05) is 0 Å². The lowest BCUT2D eigenvalue weighted by molar-refractivity contribution is -0.137. The third-order valence-electron chi connectivity index (χ3n) is 2.42. The van der Waals surface area contributed by atoms with Crippen LogP contribution in [-0.4, -0.2) is 5.51 Å². The Bertz CT molecular complexity index is 670. The Morgan fingerprint density at radius 3 is 1.71 bits per heavy atom. The van der Waals surface area contributed by atoms with Gasteiger partial charge in [-0.1, -0.05) is 11.6 Å². The minimum Gasteiger partial charge on any atom is -0.399 e. The van der Waals surface area contributed by atoms with Crippen molar-refractivity contribution in [2.45, 2.75) is 16.6 Å². The number of nitrogen functional groups attached to an aromatic ring is 2. The van der Waals surface area contributed by atoms with Crippen molar-refractivity contribution in [3.8, 4) is 0 Å². The second kappa shape index (κ2) is 7.89. The molecule has 2 rings (SSSR count). The maximum absolute atomic E-state index is 11.9. The third kappa shape index (κ3) is 7.22. The van der Waals surface area contributed by atoms with Gasteiger partial charge in [-0.25, -0.2) is 0 Å². The number of halogens is 7. The number of hydrogen-bond donors (Lipinski definition) is 2. The van der Waals surface area contributed by atoms with Gasteiger partial charge in [-0.3, -0.25) is 0 Å². The summed E-state index contributed by atoms with van der Waals surface area (Å²) in [6.45, 7) is 0. The summed E-state index contributed by atoms with van der Waals surface area (Å²) in [5.41, 5.74) is 6.20. The highest BCUT2D eigenvalue weighted by Crippen LogP contribution is 2.40. The van der Waals surface area contributed by atoms with Crippen LogP contribution in [0.25, 0.3) is 0 Å². The van der Waals surface area contributed by atoms with Crippen molar-refractivity contribution >= 4 is 34.7 Å². The van der Waals surface area contributed by atoms with E-state index in [4.69, 9.17) is 23.1 Å². The van der Waals surface area contributed by atoms with E-state index in [9.17, 15) is 26.3 Å². The van der Waals surface area contributed by atoms with Crippen LogP contribution in [0.5, 0.6) is 0 Å². The van der Waals surface area contributed by atoms with E-state index in [1.165, 1.54) is 30.3 Å². The quantitative estimate of drug-likeness (QED) is 0.367. The van der Waals surface area contributed by atoms with Gasteiger partial charge in [0.1, 0.15) is 0 Å². The molecule has 0 aliphatic carbocycles. The largest absolute Gasteiger partial charge is 0.446 e. The van der Waals surface area contributed by atoms with Crippen molar-refractivity contribution < 1.29 is 26.3 Å². The van der Waals surface area contributed by atoms with Gasteiger partial charge < -0.3 is 11.5 Å². The van der Waals surface area contributed by atoms with E-state index in [2.05, 4.69) is 0 Å². The zero-order valence-electron chi connectivity index (χ0n) is 11.8. The first kappa shape index (κ1) is 20.3. The number of nitrogens with two attached hydrogens (primary N) is 2. The monoisotopic (exact) mass is 388 g/mol. The van der Waals surface area contributed by atoms with Gasteiger partial charge in [0.05, 0.1) is 10.6 Å². The summed E-state index contributed by atoms with van der Waals surface area (Å²) in [5, 5.41) is 0.0160. The summed E-state index contributed by atoms with van der Waals surface area (Å²) in [7, 11) is 0. The van der Waals surface area contributed by atoms with Crippen molar-refractivity contribution in [1.29, 1.82) is 0 Å². The van der Waals surface area contributed by atoms with Gasteiger partial charge in [-0.05, 0) is 54.2 Å². The van der Waals surface area contributed by atoms with Crippen LogP contribution in [0.1, 0.15) is 5.56 Å². The van der Waals surface area contributed by atoms with Crippen molar-refractivity contribution in [3.05, 3.63) is 53.1 Å². The zero-order chi connectivity index (χ0) is 18.5. The first-order chi connectivity index (χ1) is 10.9. The summed E-state index contributed by atoms with van der Waals surface area (Å²) in [4.78, 5) is -0.0385. The Morgan fingerprint density at radius 2 is 1.29 bits per heavy atom. The standard InChI is InChI=1S/C7H5ClF3NS.C7H6F3N/c8-5-3-4(12)1-2-6(5)13-7(9,10)11;8-7(9,10)5-1-3-6(11)4-2-5/h1-3H,12H2;1-4H,11H2. The summed E-state index contributed by atoms with van der Waals surface area (Å²) >= 11 is 5.28. The Balaban J connectivity index is 0.000000243. The molecule has 0 heterocycles. The predicted molar refractivity (Wildman–Crippen MR) is 83.6 cm³/mol. The normalized spacial score (nSPS) is 11.6. The molecule has 2 aromatic carbocycles. The summed E-state index contributed by atoms with van der Waals surface area (Å²) < 4.78 is 71.3. The smallest absolute Gasteiger partial charge is 0.399 e. The number of anilines is 2. The predicted octanol–water partition coefficient (Wildman–Crippen LogP) is 5.82. The van der Waals surface area contributed by atoms with Crippen molar-refractivity contribution in [3.63, 3.8) is 0 Å². The fourth-order valence-corrected chi connectivity index (χ4v) is 2.24. The molecule has 0 unspecified atom stereocenters. The molecule has 10 heteroatoms. The molecule has 4 N–H and O–H groups in total. The number of rotatable bonds is 1. The van der Waals surface area contributed by atoms with Crippen LogP contribution >= 0.6 is 23.4 Å². The van der Waals surface area contributed by atoms with E-state index in [0.29, 0.717) is 11.4 Å². The number of benzene rings is 2. The van der Waals surface area contributed by atoms with E-state index in [1.54, 1.807) is 0 Å². The molecule has 0 amide bonds. The van der Waals surface area contributed by atoms with Crippen LogP contribution in [0, 0.1) is 0 Å². The van der Waals surface area contributed by atoms with Crippen LogP contribution in [0.3, 0.4) is 0 Å². The minimum absolute atomic E-state index is 0.0160. The van der Waals surface area contributed by atoms with Gasteiger partial charge in [0, 0.05) is 16.3 Å². The fraction of sp³-hybridized carbons (Fsp3) is 0.143. The average Bonchev–Trinajstić information content (AvgIpc) is 2.41. The average molecular weight is 389 g/mol. The third-order valence-corrected chi connectivity index (χ3v) is 3.65. The molecule has 2 nitrogen and oxygen atoms in total. The summed E-state index contributed by atoms with van der Waals surface area (Å²) in [6, 6.07) is 8.27. The van der Waals surface area contributed by atoms with Crippen LogP contribution in [0.4, 0.5) is 37.7 Å². The lowest BCUT2D eigenvalue weighted by atomic mass is 10.2. The molecular weight excluding hydrogens is 378 g/mol. The SMILES string of the molecule is Nc1ccc(C(F)(F)F)cc1.Nc1ccc(SC(F)(F)F)c(Cl)c1. The zero-order valence-corrected chi connectivity index (χ0v) is 13.3. The summed E-state index contributed by atoms with van der Waals surface area (Å²) in [5.74, 6) is 0. The van der Waals surface area contributed by atoms with Gasteiger partial charge in [-0.2, -0.15) is 26.3 Å². The van der Waals surface area contributed by atoms with Crippen LogP contribution in [-0.2, 0) is 6.18 Å². The van der Waals surface area contributed by atoms with E-state index >= 15 is 0 Å². The molecule has 24 heavy (non-hydrogen) atoms. The molecule has 132 valence electrons. The molecule has 0 atom stereocenters. The molecule has 0 bridgehead atoms. The lowest BCUT2D eigenvalue weighted by Crippen LogP contribution is -2.04. The maximum Gasteiger partial charge on any atom is 0.446 e. The maximum atomic E-state index is 11.9. The molecule has 2 aromatic rings. The van der Waals surface area contributed by atoms with Crippen LogP contribution in [0.2, 0.25) is 5.02 Å². The van der Waals surface area contributed by atoms with Gasteiger partial charge in [0.25, 0.3) is 0 Å². The molecule has 0 saturated heterocycles. The second-order valence-corrected chi connectivity index (χ2v) is 5.87. The molecule has 0 fully saturated rings. The van der Waals surface area contributed by atoms with Gasteiger partial charge in [0.15, 0.2) is 0 Å². The van der Waals surface area contributed by atoms with Crippen LogP contribution < -0.4 is 11.5 Å². The van der Waals surface area contributed by atoms with Crippen LogP contribution in [0.15, 0.2) is 47.4 Å². The molecule has 0 spiro atoms. The van der Waals surface area contributed by atoms with E-state index in [-0.39, 0.29) is 21.7 Å². The summed E-state index contributed by atoms with van der Waals surface area (Å²) in [6.07, 6.45) is -4.27. The molecule has 0 aliphatic heterocycles.